The van der Waals surface area contributed by atoms with Crippen LogP contribution in [0.25, 0.3) is 0 Å². The summed E-state index contributed by atoms with van der Waals surface area (Å²) in [6, 6.07) is 13.0. The zero-order valence-corrected chi connectivity index (χ0v) is 13.2. The topological polar surface area (TPSA) is 55.8 Å². The van der Waals surface area contributed by atoms with Crippen molar-refractivity contribution in [2.75, 3.05) is 13.2 Å². The molecule has 5 heteroatoms. The monoisotopic (exact) mass is 396 g/mol. The normalized spacial score (nSPS) is 16.1. The van der Waals surface area contributed by atoms with Crippen molar-refractivity contribution in [1.82, 2.24) is 0 Å². The van der Waals surface area contributed by atoms with Crippen LogP contribution in [-0.4, -0.2) is 24.3 Å². The Labute approximate surface area is 135 Å². The highest BCUT2D eigenvalue weighted by atomic mass is 127. The van der Waals surface area contributed by atoms with E-state index < -0.39 is 5.97 Å². The number of carbonyl (C=O) groups is 1. The van der Waals surface area contributed by atoms with Gasteiger partial charge in [-0.2, -0.15) is 0 Å². The molecule has 3 rings (SSSR count). The molecule has 0 saturated carbocycles. The average molecular weight is 396 g/mol. The van der Waals surface area contributed by atoms with Gasteiger partial charge in [0.1, 0.15) is 17.1 Å². The Balaban J connectivity index is 1.76. The van der Waals surface area contributed by atoms with Crippen LogP contribution in [0.1, 0.15) is 21.8 Å². The first-order valence-corrected chi connectivity index (χ1v) is 7.60. The van der Waals surface area contributed by atoms with Gasteiger partial charge in [-0.3, -0.25) is 0 Å². The molecule has 0 aromatic heterocycles. The largest absolute Gasteiger partial charge is 0.493 e. The van der Waals surface area contributed by atoms with E-state index in [9.17, 15) is 9.90 Å². The van der Waals surface area contributed by atoms with E-state index in [0.29, 0.717) is 19.0 Å². The first-order valence-electron chi connectivity index (χ1n) is 6.52. The molecule has 108 valence electrons. The van der Waals surface area contributed by atoms with Crippen molar-refractivity contribution in [3.05, 3.63) is 57.2 Å². The molecule has 1 aliphatic rings. The zero-order valence-electron chi connectivity index (χ0n) is 11.1. The van der Waals surface area contributed by atoms with Crippen molar-refractivity contribution in [2.45, 2.75) is 5.92 Å². The van der Waals surface area contributed by atoms with Gasteiger partial charge in [-0.25, -0.2) is 4.79 Å². The van der Waals surface area contributed by atoms with Crippen molar-refractivity contribution in [2.24, 2.45) is 0 Å². The summed E-state index contributed by atoms with van der Waals surface area (Å²) in [7, 11) is 0. The van der Waals surface area contributed by atoms with Crippen LogP contribution in [0.5, 0.6) is 11.5 Å². The number of aromatic carboxylic acids is 1. The lowest BCUT2D eigenvalue weighted by atomic mass is 10.0. The SMILES string of the molecule is O=C(O)c1cc(I)ccc1OCC1COc2ccccc21. The van der Waals surface area contributed by atoms with Crippen molar-refractivity contribution < 1.29 is 19.4 Å². The summed E-state index contributed by atoms with van der Waals surface area (Å²) in [5, 5.41) is 9.23. The lowest BCUT2D eigenvalue weighted by Gasteiger charge is -2.13. The quantitative estimate of drug-likeness (QED) is 0.804. The molecule has 1 heterocycles. The number of hydrogen-bond donors (Lipinski definition) is 1. The number of benzene rings is 2. The second kappa shape index (κ2) is 5.93. The van der Waals surface area contributed by atoms with E-state index in [1.54, 1.807) is 12.1 Å². The molecule has 2 aromatic carbocycles. The highest BCUT2D eigenvalue weighted by molar-refractivity contribution is 14.1. The first kappa shape index (κ1) is 14.2. The minimum Gasteiger partial charge on any atom is -0.493 e. The van der Waals surface area contributed by atoms with E-state index in [0.717, 1.165) is 14.9 Å². The van der Waals surface area contributed by atoms with Gasteiger partial charge in [-0.15, -0.1) is 0 Å². The van der Waals surface area contributed by atoms with Crippen LogP contribution in [0.15, 0.2) is 42.5 Å². The molecular formula is C16H13IO4. The number of ether oxygens (including phenoxy) is 2. The van der Waals surface area contributed by atoms with Gasteiger partial charge in [-0.05, 0) is 46.9 Å². The van der Waals surface area contributed by atoms with E-state index >= 15 is 0 Å². The van der Waals surface area contributed by atoms with Crippen molar-refractivity contribution >= 4 is 28.6 Å². The Hall–Kier alpha value is -1.76. The number of hydrogen-bond acceptors (Lipinski definition) is 3. The summed E-state index contributed by atoms with van der Waals surface area (Å²) in [6.07, 6.45) is 0. The third-order valence-corrected chi connectivity index (χ3v) is 4.08. The van der Waals surface area contributed by atoms with Crippen molar-refractivity contribution in [1.29, 1.82) is 0 Å². The molecule has 4 nitrogen and oxygen atoms in total. The number of halogens is 1. The summed E-state index contributed by atoms with van der Waals surface area (Å²) < 4.78 is 12.2. The molecule has 0 bridgehead atoms. The maximum absolute atomic E-state index is 11.3. The van der Waals surface area contributed by atoms with Gasteiger partial charge in [0.25, 0.3) is 0 Å². The number of rotatable bonds is 4. The number of carboxylic acids is 1. The molecule has 1 aliphatic heterocycles. The standard InChI is InChI=1S/C16H13IO4/c17-11-5-6-15(13(7-11)16(18)19)21-9-10-8-20-14-4-2-1-3-12(10)14/h1-7,10H,8-9H2,(H,18,19). The number of para-hydroxylation sites is 1. The maximum atomic E-state index is 11.3. The van der Waals surface area contributed by atoms with E-state index in [1.165, 1.54) is 0 Å². The predicted octanol–water partition coefficient (Wildman–Crippen LogP) is 3.54. The lowest BCUT2D eigenvalue weighted by Crippen LogP contribution is -2.13. The highest BCUT2D eigenvalue weighted by Gasteiger charge is 2.24. The lowest BCUT2D eigenvalue weighted by molar-refractivity contribution is 0.0691. The summed E-state index contributed by atoms with van der Waals surface area (Å²) in [5.74, 6) is 0.424. The Morgan fingerprint density at radius 2 is 2.14 bits per heavy atom. The summed E-state index contributed by atoms with van der Waals surface area (Å²) in [5.41, 5.74) is 1.30. The van der Waals surface area contributed by atoms with Crippen LogP contribution in [0.4, 0.5) is 0 Å². The summed E-state index contributed by atoms with van der Waals surface area (Å²) in [6.45, 7) is 0.962. The molecule has 0 fully saturated rings. The second-order valence-corrected chi connectivity index (χ2v) is 6.05. The van der Waals surface area contributed by atoms with E-state index in [-0.39, 0.29) is 11.5 Å². The van der Waals surface area contributed by atoms with E-state index in [4.69, 9.17) is 9.47 Å². The molecule has 1 atom stereocenters. The fourth-order valence-corrected chi connectivity index (χ4v) is 2.84. The third kappa shape index (κ3) is 2.97. The van der Waals surface area contributed by atoms with Crippen LogP contribution in [0.3, 0.4) is 0 Å². The Morgan fingerprint density at radius 3 is 2.95 bits per heavy atom. The molecule has 0 amide bonds. The Kier molecular flexibility index (Phi) is 4.01. The van der Waals surface area contributed by atoms with E-state index in [1.807, 2.05) is 30.3 Å². The molecule has 21 heavy (non-hydrogen) atoms. The first-order chi connectivity index (χ1) is 10.1. The van der Waals surface area contributed by atoms with Crippen LogP contribution in [0.2, 0.25) is 0 Å². The molecule has 0 aliphatic carbocycles. The van der Waals surface area contributed by atoms with Gasteiger partial charge in [0.2, 0.25) is 0 Å². The van der Waals surface area contributed by atoms with Gasteiger partial charge in [0.05, 0.1) is 19.1 Å². The average Bonchev–Trinajstić information content (AvgIpc) is 2.89. The molecule has 0 saturated heterocycles. The van der Waals surface area contributed by atoms with Crippen LogP contribution < -0.4 is 9.47 Å². The minimum atomic E-state index is -0.980. The zero-order chi connectivity index (χ0) is 14.8. The minimum absolute atomic E-state index is 0.127. The fraction of sp³-hybridized carbons (Fsp3) is 0.188. The molecule has 1 unspecified atom stereocenters. The third-order valence-electron chi connectivity index (χ3n) is 3.41. The van der Waals surface area contributed by atoms with Gasteiger partial charge >= 0.3 is 5.97 Å². The Morgan fingerprint density at radius 1 is 1.33 bits per heavy atom. The molecule has 0 radical (unpaired) electrons. The van der Waals surface area contributed by atoms with Crippen molar-refractivity contribution in [3.63, 3.8) is 0 Å². The van der Waals surface area contributed by atoms with E-state index in [2.05, 4.69) is 22.6 Å². The fourth-order valence-electron chi connectivity index (χ4n) is 2.35. The molecule has 1 N–H and O–H groups in total. The van der Waals surface area contributed by atoms with Gasteiger partial charge in [0, 0.05) is 9.13 Å². The highest BCUT2D eigenvalue weighted by Crippen LogP contribution is 2.34. The van der Waals surface area contributed by atoms with Gasteiger partial charge in [0.15, 0.2) is 0 Å². The van der Waals surface area contributed by atoms with Crippen LogP contribution in [0, 0.1) is 3.57 Å². The smallest absolute Gasteiger partial charge is 0.339 e. The van der Waals surface area contributed by atoms with Crippen LogP contribution in [-0.2, 0) is 0 Å². The van der Waals surface area contributed by atoms with Gasteiger partial charge in [-0.1, -0.05) is 18.2 Å². The Bertz CT molecular complexity index is 684. The van der Waals surface area contributed by atoms with Gasteiger partial charge < -0.3 is 14.6 Å². The number of fused-ring (bicyclic) bond motifs is 1. The summed E-state index contributed by atoms with van der Waals surface area (Å²) >= 11 is 2.08. The van der Waals surface area contributed by atoms with Crippen molar-refractivity contribution in [3.8, 4) is 11.5 Å². The predicted molar refractivity (Wildman–Crippen MR) is 86.3 cm³/mol. The second-order valence-electron chi connectivity index (χ2n) is 4.80. The maximum Gasteiger partial charge on any atom is 0.339 e. The van der Waals surface area contributed by atoms with Crippen LogP contribution >= 0.6 is 22.6 Å². The number of carboxylic acid groups (broad SMARTS) is 1. The molecule has 2 aromatic rings. The molecular weight excluding hydrogens is 383 g/mol. The molecule has 0 spiro atoms. The summed E-state index contributed by atoms with van der Waals surface area (Å²) in [4.78, 5) is 11.3.